The van der Waals surface area contributed by atoms with Crippen LogP contribution in [0.15, 0.2) is 23.8 Å². The van der Waals surface area contributed by atoms with Gasteiger partial charge in [-0.3, -0.25) is 0 Å². The first kappa shape index (κ1) is 6.60. The molecule has 0 aliphatic heterocycles. The molecule has 0 aromatic rings. The number of unbranched alkanes of at least 4 members (excludes halogenated alkanes) is 1. The van der Waals surface area contributed by atoms with Crippen molar-refractivity contribution in [1.82, 2.24) is 0 Å². The molecule has 0 heterocycles. The highest BCUT2D eigenvalue weighted by atomic mass is 14.0. The molecule has 0 saturated heterocycles. The van der Waals surface area contributed by atoms with E-state index in [2.05, 4.69) is 38.0 Å². The van der Waals surface area contributed by atoms with E-state index in [0.29, 0.717) is 0 Å². The zero-order valence-electron chi connectivity index (χ0n) is 5.72. The van der Waals surface area contributed by atoms with Crippen LogP contribution in [-0.4, -0.2) is 0 Å². The van der Waals surface area contributed by atoms with Gasteiger partial charge in [0.1, 0.15) is 0 Å². The smallest absolute Gasteiger partial charge is 0.0126 e. The van der Waals surface area contributed by atoms with E-state index in [1.165, 1.54) is 5.57 Å². The number of hydrogen-bond donors (Lipinski definition) is 0. The highest BCUT2D eigenvalue weighted by Gasteiger charge is 1.97. The zero-order valence-corrected chi connectivity index (χ0v) is 5.72. The molecule has 0 atom stereocenters. The highest BCUT2D eigenvalue weighted by Crippen LogP contribution is 2.15. The van der Waals surface area contributed by atoms with Gasteiger partial charge in [-0.25, -0.2) is 0 Å². The average molecular weight is 119 g/mol. The Morgan fingerprint density at radius 1 is 1.78 bits per heavy atom. The topological polar surface area (TPSA) is 0 Å². The second-order valence-corrected chi connectivity index (χ2v) is 2.11. The molecular formula is C9H11. The van der Waals surface area contributed by atoms with Crippen molar-refractivity contribution in [3.63, 3.8) is 0 Å². The van der Waals surface area contributed by atoms with Crippen LogP contribution in [0.2, 0.25) is 0 Å². The molecule has 0 amide bonds. The summed E-state index contributed by atoms with van der Waals surface area (Å²) in [6.45, 7) is 2.05. The molecule has 0 unspecified atom stereocenters. The van der Waals surface area contributed by atoms with Gasteiger partial charge in [0, 0.05) is 6.42 Å². The van der Waals surface area contributed by atoms with Gasteiger partial charge in [-0.2, -0.15) is 0 Å². The Morgan fingerprint density at radius 2 is 2.67 bits per heavy atom. The fraction of sp³-hybridized carbons (Fsp3) is 0.333. The summed E-state index contributed by atoms with van der Waals surface area (Å²) >= 11 is 0. The lowest BCUT2D eigenvalue weighted by Crippen LogP contribution is -1.79. The molecule has 0 spiro atoms. The van der Waals surface area contributed by atoms with Crippen LogP contribution in [0.1, 0.15) is 19.8 Å². The van der Waals surface area contributed by atoms with E-state index in [1.54, 1.807) is 0 Å². The molecule has 1 aliphatic rings. The predicted molar refractivity (Wildman–Crippen MR) is 39.7 cm³/mol. The van der Waals surface area contributed by atoms with Crippen LogP contribution in [0.25, 0.3) is 0 Å². The molecule has 0 aromatic carbocycles. The van der Waals surface area contributed by atoms with Crippen LogP contribution in [0, 0.1) is 12.8 Å². The molecule has 0 N–H and O–H groups in total. The van der Waals surface area contributed by atoms with Crippen molar-refractivity contribution < 1.29 is 0 Å². The van der Waals surface area contributed by atoms with Crippen molar-refractivity contribution >= 4 is 0 Å². The second-order valence-electron chi connectivity index (χ2n) is 2.11. The maximum Gasteiger partial charge on any atom is 0.0126 e. The fourth-order valence-corrected chi connectivity index (χ4v) is 0.811. The van der Waals surface area contributed by atoms with E-state index in [-0.39, 0.29) is 0 Å². The minimum atomic E-state index is 0.980. The van der Waals surface area contributed by atoms with Gasteiger partial charge < -0.3 is 0 Å². The molecule has 0 nitrogen and oxygen atoms in total. The van der Waals surface area contributed by atoms with Crippen molar-refractivity contribution in [2.75, 3.05) is 0 Å². The number of rotatable bonds is 3. The third kappa shape index (κ3) is 2.05. The molecule has 0 bridgehead atoms. The summed E-state index contributed by atoms with van der Waals surface area (Å²) in [4.78, 5) is 0. The van der Waals surface area contributed by atoms with Crippen LogP contribution < -0.4 is 0 Å². The third-order valence-electron chi connectivity index (χ3n) is 1.30. The van der Waals surface area contributed by atoms with Crippen LogP contribution in [0.4, 0.5) is 0 Å². The zero-order chi connectivity index (χ0) is 6.53. The first-order valence-corrected chi connectivity index (χ1v) is 3.31. The van der Waals surface area contributed by atoms with Crippen molar-refractivity contribution in [3.05, 3.63) is 36.6 Å². The normalized spacial score (nSPS) is 16.3. The molecule has 3 radical (unpaired) electrons. The quantitative estimate of drug-likeness (QED) is 0.535. The fourth-order valence-electron chi connectivity index (χ4n) is 0.811. The Labute approximate surface area is 57.3 Å². The summed E-state index contributed by atoms with van der Waals surface area (Å²) in [5, 5.41) is 0. The van der Waals surface area contributed by atoms with Crippen molar-refractivity contribution in [2.45, 2.75) is 19.8 Å². The minimum Gasteiger partial charge on any atom is -0.0804 e. The summed E-state index contributed by atoms with van der Waals surface area (Å²) in [6.07, 6.45) is 13.8. The molecule has 47 valence electrons. The summed E-state index contributed by atoms with van der Waals surface area (Å²) < 4.78 is 0. The highest BCUT2D eigenvalue weighted by molar-refractivity contribution is 5.28. The van der Waals surface area contributed by atoms with E-state index < -0.39 is 0 Å². The number of allylic oxidation sites excluding steroid dienone is 4. The van der Waals surface area contributed by atoms with Crippen LogP contribution in [-0.2, 0) is 0 Å². The first-order valence-electron chi connectivity index (χ1n) is 3.31. The Bertz CT molecular complexity index is 129. The van der Waals surface area contributed by atoms with E-state index in [0.717, 1.165) is 12.8 Å². The number of hydrogen-bond acceptors (Lipinski definition) is 0. The molecule has 0 saturated carbocycles. The Balaban J connectivity index is 2.14. The SMILES string of the molecule is C[CH]C[C]C1=CC=CC1. The molecule has 9 heavy (non-hydrogen) atoms. The maximum absolute atomic E-state index is 3.27. The van der Waals surface area contributed by atoms with E-state index in [9.17, 15) is 0 Å². The largest absolute Gasteiger partial charge is 0.0804 e. The Kier molecular flexibility index (Phi) is 2.56. The first-order chi connectivity index (χ1) is 4.43. The summed E-state index contributed by atoms with van der Waals surface area (Å²) in [5.41, 5.74) is 1.33. The monoisotopic (exact) mass is 119 g/mol. The van der Waals surface area contributed by atoms with Crippen LogP contribution in [0.3, 0.4) is 0 Å². The molecular weight excluding hydrogens is 108 g/mol. The lowest BCUT2D eigenvalue weighted by Gasteiger charge is -1.95. The molecule has 0 aromatic heterocycles. The maximum atomic E-state index is 3.27. The molecule has 1 aliphatic carbocycles. The third-order valence-corrected chi connectivity index (χ3v) is 1.30. The van der Waals surface area contributed by atoms with Gasteiger partial charge in [-0.05, 0) is 19.3 Å². The second kappa shape index (κ2) is 3.49. The minimum absolute atomic E-state index is 0.980. The van der Waals surface area contributed by atoms with E-state index >= 15 is 0 Å². The van der Waals surface area contributed by atoms with Crippen molar-refractivity contribution in [2.24, 2.45) is 0 Å². The Morgan fingerprint density at radius 3 is 3.22 bits per heavy atom. The van der Waals surface area contributed by atoms with Gasteiger partial charge in [0.2, 0.25) is 0 Å². The standard InChI is InChI=1S/C9H11/c1-2-3-6-9-7-4-5-8-9/h2,4-5,7H,3,8H2,1H3. The van der Waals surface area contributed by atoms with Gasteiger partial charge in [-0.15, -0.1) is 0 Å². The predicted octanol–water partition coefficient (Wildman–Crippen LogP) is 2.57. The van der Waals surface area contributed by atoms with Crippen molar-refractivity contribution in [1.29, 1.82) is 0 Å². The van der Waals surface area contributed by atoms with Crippen molar-refractivity contribution in [3.8, 4) is 0 Å². The molecule has 0 heteroatoms. The van der Waals surface area contributed by atoms with Gasteiger partial charge in [0.25, 0.3) is 0 Å². The van der Waals surface area contributed by atoms with E-state index in [4.69, 9.17) is 0 Å². The van der Waals surface area contributed by atoms with Crippen LogP contribution >= 0.6 is 0 Å². The molecule has 0 fully saturated rings. The van der Waals surface area contributed by atoms with Gasteiger partial charge in [0.15, 0.2) is 0 Å². The van der Waals surface area contributed by atoms with Gasteiger partial charge in [0.05, 0.1) is 0 Å². The average Bonchev–Trinajstić information content (AvgIpc) is 2.34. The van der Waals surface area contributed by atoms with Gasteiger partial charge in [-0.1, -0.05) is 30.7 Å². The molecule has 1 rings (SSSR count). The van der Waals surface area contributed by atoms with Gasteiger partial charge >= 0.3 is 0 Å². The van der Waals surface area contributed by atoms with E-state index in [1.807, 2.05) is 0 Å². The summed E-state index contributed by atoms with van der Waals surface area (Å²) in [6, 6.07) is 0. The van der Waals surface area contributed by atoms with Crippen LogP contribution in [0.5, 0.6) is 0 Å². The Hall–Kier alpha value is -0.520. The lowest BCUT2D eigenvalue weighted by atomic mass is 10.1. The summed E-state index contributed by atoms with van der Waals surface area (Å²) in [7, 11) is 0. The lowest BCUT2D eigenvalue weighted by molar-refractivity contribution is 1.08. The summed E-state index contributed by atoms with van der Waals surface area (Å²) in [5.74, 6) is 0.